The van der Waals surface area contributed by atoms with Gasteiger partial charge in [-0.15, -0.1) is 11.3 Å². The molecule has 0 unspecified atom stereocenters. The fraction of sp³-hybridized carbons (Fsp3) is 0.353. The molecule has 2 heterocycles. The fourth-order valence-corrected chi connectivity index (χ4v) is 3.34. The molecule has 0 radical (unpaired) electrons. The van der Waals surface area contributed by atoms with Crippen LogP contribution in [-0.2, 0) is 0 Å². The van der Waals surface area contributed by atoms with Crippen molar-refractivity contribution in [1.29, 1.82) is 0 Å². The van der Waals surface area contributed by atoms with E-state index in [0.717, 1.165) is 25.7 Å². The van der Waals surface area contributed by atoms with Crippen LogP contribution < -0.4 is 5.32 Å². The smallest absolute Gasteiger partial charge is 0.273 e. The van der Waals surface area contributed by atoms with Gasteiger partial charge in [0.15, 0.2) is 5.13 Å². The van der Waals surface area contributed by atoms with Gasteiger partial charge in [0.1, 0.15) is 11.5 Å². The molecule has 2 aromatic rings. The van der Waals surface area contributed by atoms with Gasteiger partial charge >= 0.3 is 0 Å². The quantitative estimate of drug-likeness (QED) is 0.907. The van der Waals surface area contributed by atoms with Gasteiger partial charge in [-0.1, -0.05) is 13.0 Å². The first-order valence-electron chi connectivity index (χ1n) is 8.11. The molecule has 132 valence electrons. The van der Waals surface area contributed by atoms with E-state index in [-0.39, 0.29) is 11.5 Å². The molecule has 1 fully saturated rings. The van der Waals surface area contributed by atoms with Gasteiger partial charge in [0.05, 0.1) is 0 Å². The molecule has 6 nitrogen and oxygen atoms in total. The normalized spacial score (nSPS) is 15.2. The molecule has 8 heteroatoms. The fourth-order valence-electron chi connectivity index (χ4n) is 2.66. The lowest BCUT2D eigenvalue weighted by Crippen LogP contribution is -2.48. The minimum Gasteiger partial charge on any atom is -0.335 e. The van der Waals surface area contributed by atoms with E-state index in [1.54, 1.807) is 10.3 Å². The summed E-state index contributed by atoms with van der Waals surface area (Å²) in [6.45, 7) is 6.15. The van der Waals surface area contributed by atoms with Crippen LogP contribution in [0.5, 0.6) is 0 Å². The Morgan fingerprint density at radius 3 is 2.72 bits per heavy atom. The second-order valence-electron chi connectivity index (χ2n) is 5.73. The third kappa shape index (κ3) is 4.21. The summed E-state index contributed by atoms with van der Waals surface area (Å²) in [5.41, 5.74) is 0.531. The summed E-state index contributed by atoms with van der Waals surface area (Å²) in [7, 11) is 0. The zero-order valence-corrected chi connectivity index (χ0v) is 14.7. The molecular weight excluding hydrogens is 343 g/mol. The molecule has 1 aliphatic heterocycles. The van der Waals surface area contributed by atoms with Gasteiger partial charge in [-0.05, 0) is 24.7 Å². The topological polar surface area (TPSA) is 65.5 Å². The Hall–Kier alpha value is -2.32. The Balaban J connectivity index is 1.62. The molecule has 0 saturated carbocycles. The van der Waals surface area contributed by atoms with E-state index < -0.39 is 11.7 Å². The molecular formula is C17H19FN4O2S. The first kappa shape index (κ1) is 17.5. The lowest BCUT2D eigenvalue weighted by Gasteiger charge is -2.33. The zero-order chi connectivity index (χ0) is 17.8. The van der Waals surface area contributed by atoms with Crippen molar-refractivity contribution in [3.05, 3.63) is 46.7 Å². The van der Waals surface area contributed by atoms with Gasteiger partial charge in [-0.25, -0.2) is 9.37 Å². The van der Waals surface area contributed by atoms with Crippen molar-refractivity contribution < 1.29 is 14.0 Å². The van der Waals surface area contributed by atoms with Gasteiger partial charge in [0.2, 0.25) is 0 Å². The number of carbonyl (C=O) groups is 2. The van der Waals surface area contributed by atoms with Crippen molar-refractivity contribution >= 4 is 28.3 Å². The number of carbonyl (C=O) groups excluding carboxylic acids is 2. The van der Waals surface area contributed by atoms with E-state index in [2.05, 4.69) is 22.1 Å². The van der Waals surface area contributed by atoms with E-state index in [9.17, 15) is 14.0 Å². The van der Waals surface area contributed by atoms with E-state index in [1.807, 2.05) is 0 Å². The lowest BCUT2D eigenvalue weighted by atomic mass is 10.2. The first-order chi connectivity index (χ1) is 12.1. The molecule has 2 amide bonds. The van der Waals surface area contributed by atoms with Crippen LogP contribution in [0.1, 0.15) is 27.8 Å². The van der Waals surface area contributed by atoms with Gasteiger partial charge in [0, 0.05) is 37.1 Å². The van der Waals surface area contributed by atoms with Crippen molar-refractivity contribution in [3.63, 3.8) is 0 Å². The SMILES string of the molecule is CCN1CCN(C(=O)c2csc(NC(=O)c3cccc(F)c3)n2)CC1. The predicted octanol–water partition coefficient (Wildman–Crippen LogP) is 2.31. The van der Waals surface area contributed by atoms with Crippen molar-refractivity contribution in [1.82, 2.24) is 14.8 Å². The number of hydrogen-bond donors (Lipinski definition) is 1. The summed E-state index contributed by atoms with van der Waals surface area (Å²) in [5, 5.41) is 4.56. The first-order valence-corrected chi connectivity index (χ1v) is 8.99. The maximum Gasteiger partial charge on any atom is 0.273 e. The Kier molecular flexibility index (Phi) is 5.40. The van der Waals surface area contributed by atoms with Crippen LogP contribution in [-0.4, -0.2) is 59.3 Å². The minimum atomic E-state index is -0.478. The van der Waals surface area contributed by atoms with Gasteiger partial charge in [-0.3, -0.25) is 14.9 Å². The van der Waals surface area contributed by atoms with E-state index in [1.165, 1.54) is 29.5 Å². The molecule has 1 aromatic heterocycles. The summed E-state index contributed by atoms with van der Waals surface area (Å²) < 4.78 is 13.2. The van der Waals surface area contributed by atoms with Crippen LogP contribution in [0.15, 0.2) is 29.6 Å². The highest BCUT2D eigenvalue weighted by Crippen LogP contribution is 2.18. The van der Waals surface area contributed by atoms with Crippen molar-refractivity contribution in [2.75, 3.05) is 38.0 Å². The number of likely N-dealkylation sites (N-methyl/N-ethyl adjacent to an activating group) is 1. The van der Waals surface area contributed by atoms with E-state index >= 15 is 0 Å². The number of anilines is 1. The summed E-state index contributed by atoms with van der Waals surface area (Å²) in [6, 6.07) is 5.42. The van der Waals surface area contributed by atoms with Gasteiger partial charge in [0.25, 0.3) is 11.8 Å². The molecule has 3 rings (SSSR count). The largest absolute Gasteiger partial charge is 0.335 e. The van der Waals surface area contributed by atoms with Crippen LogP contribution in [0.25, 0.3) is 0 Å². The number of halogens is 1. The van der Waals surface area contributed by atoms with Crippen LogP contribution in [0, 0.1) is 5.82 Å². The average molecular weight is 362 g/mol. The van der Waals surface area contributed by atoms with Gasteiger partial charge < -0.3 is 9.80 Å². The number of aromatic nitrogens is 1. The highest BCUT2D eigenvalue weighted by molar-refractivity contribution is 7.14. The molecule has 0 aliphatic carbocycles. The number of amides is 2. The average Bonchev–Trinajstić information content (AvgIpc) is 3.09. The Morgan fingerprint density at radius 1 is 1.28 bits per heavy atom. The Bertz CT molecular complexity index is 772. The second-order valence-corrected chi connectivity index (χ2v) is 6.59. The third-order valence-corrected chi connectivity index (χ3v) is 4.90. The molecule has 1 aliphatic rings. The Labute approximate surface area is 149 Å². The standard InChI is InChI=1S/C17H19FN4O2S/c1-2-21-6-8-22(9-7-21)16(24)14-11-25-17(19-14)20-15(23)12-4-3-5-13(18)10-12/h3-5,10-11H,2,6-9H2,1H3,(H,19,20,23). The van der Waals surface area contributed by atoms with Crippen LogP contribution >= 0.6 is 11.3 Å². The molecule has 0 spiro atoms. The number of nitrogens with zero attached hydrogens (tertiary/aromatic N) is 3. The Morgan fingerprint density at radius 2 is 2.04 bits per heavy atom. The molecule has 1 saturated heterocycles. The lowest BCUT2D eigenvalue weighted by molar-refractivity contribution is 0.0638. The summed E-state index contributed by atoms with van der Waals surface area (Å²) >= 11 is 1.18. The summed E-state index contributed by atoms with van der Waals surface area (Å²) in [4.78, 5) is 32.9. The van der Waals surface area contributed by atoms with Crippen LogP contribution in [0.3, 0.4) is 0 Å². The van der Waals surface area contributed by atoms with E-state index in [4.69, 9.17) is 0 Å². The number of thiazole rings is 1. The predicted molar refractivity (Wildman–Crippen MR) is 94.5 cm³/mol. The molecule has 1 N–H and O–H groups in total. The molecule has 1 aromatic carbocycles. The monoisotopic (exact) mass is 362 g/mol. The highest BCUT2D eigenvalue weighted by Gasteiger charge is 2.23. The van der Waals surface area contributed by atoms with Crippen LogP contribution in [0.2, 0.25) is 0 Å². The third-order valence-electron chi connectivity index (χ3n) is 4.14. The molecule has 0 bridgehead atoms. The van der Waals surface area contributed by atoms with Crippen molar-refractivity contribution in [2.24, 2.45) is 0 Å². The summed E-state index contributed by atoms with van der Waals surface area (Å²) in [5.74, 6) is -1.06. The molecule has 25 heavy (non-hydrogen) atoms. The maximum absolute atomic E-state index is 13.2. The number of nitrogens with one attached hydrogen (secondary N) is 1. The minimum absolute atomic E-state index is 0.127. The van der Waals surface area contributed by atoms with Crippen LogP contribution in [0.4, 0.5) is 9.52 Å². The zero-order valence-electron chi connectivity index (χ0n) is 13.9. The molecule has 0 atom stereocenters. The van der Waals surface area contributed by atoms with Crippen molar-refractivity contribution in [2.45, 2.75) is 6.92 Å². The highest BCUT2D eigenvalue weighted by atomic mass is 32.1. The van der Waals surface area contributed by atoms with Gasteiger partial charge in [-0.2, -0.15) is 0 Å². The second kappa shape index (κ2) is 7.71. The number of benzene rings is 1. The van der Waals surface area contributed by atoms with Crippen molar-refractivity contribution in [3.8, 4) is 0 Å². The summed E-state index contributed by atoms with van der Waals surface area (Å²) in [6.07, 6.45) is 0. The number of hydrogen-bond acceptors (Lipinski definition) is 5. The van der Waals surface area contributed by atoms with E-state index in [0.29, 0.717) is 23.9 Å². The number of piperazine rings is 1. The maximum atomic E-state index is 13.2. The number of rotatable bonds is 4.